The number of piperidine rings is 1. The average Bonchev–Trinajstić information content (AvgIpc) is 2.83. The number of methoxy groups -OCH3 is 1. The van der Waals surface area contributed by atoms with E-state index in [1.807, 2.05) is 23.1 Å². The molecule has 0 saturated carbocycles. The smallest absolute Gasteiger partial charge is 0.328 e. The van der Waals surface area contributed by atoms with Crippen LogP contribution < -0.4 is 25.6 Å². The molecule has 0 atom stereocenters. The van der Waals surface area contributed by atoms with Crippen LogP contribution in [0.1, 0.15) is 25.7 Å². The van der Waals surface area contributed by atoms with Crippen LogP contribution in [0.4, 0.5) is 16.2 Å². The third-order valence-electron chi connectivity index (χ3n) is 6.78. The predicted molar refractivity (Wildman–Crippen MR) is 126 cm³/mol. The van der Waals surface area contributed by atoms with Gasteiger partial charge >= 0.3 is 6.03 Å². The molecule has 0 aliphatic carbocycles. The summed E-state index contributed by atoms with van der Waals surface area (Å²) >= 11 is 0. The second kappa shape index (κ2) is 10.4. The minimum Gasteiger partial charge on any atom is -0.494 e. The maximum Gasteiger partial charge on any atom is 0.328 e. The van der Waals surface area contributed by atoms with E-state index in [0.29, 0.717) is 24.4 Å². The topological polar surface area (TPSA) is 111 Å². The molecule has 10 nitrogen and oxygen atoms in total. The molecular formula is C23H34N6O4. The Labute approximate surface area is 194 Å². The standard InChI is InChI=1S/C23H34N6O4/c1-33-20-16-18(2-3-19(20)29-11-6-21(30)25-23(29)32)27-14-12-26(13-15-27)8-7-22(31)28-9-4-17(24)5-10-28/h2-3,16-17H,4-15,24H2,1H3,(H,25,30,32). The van der Waals surface area contributed by atoms with Gasteiger partial charge in [-0.1, -0.05) is 0 Å². The summed E-state index contributed by atoms with van der Waals surface area (Å²) in [5, 5.41) is 2.35. The van der Waals surface area contributed by atoms with E-state index in [1.54, 1.807) is 7.11 Å². The van der Waals surface area contributed by atoms with Crippen molar-refractivity contribution in [1.82, 2.24) is 15.1 Å². The molecule has 4 amide bonds. The van der Waals surface area contributed by atoms with E-state index in [-0.39, 0.29) is 24.3 Å². The number of carbonyl (C=O) groups excluding carboxylic acids is 3. The van der Waals surface area contributed by atoms with Gasteiger partial charge in [-0.05, 0) is 25.0 Å². The summed E-state index contributed by atoms with van der Waals surface area (Å²) in [5.74, 6) is 0.575. The number of piperazine rings is 1. The molecule has 0 bridgehead atoms. The van der Waals surface area contributed by atoms with E-state index in [4.69, 9.17) is 10.5 Å². The summed E-state index contributed by atoms with van der Waals surface area (Å²) in [6.07, 6.45) is 2.62. The molecule has 10 heteroatoms. The van der Waals surface area contributed by atoms with Gasteiger partial charge in [0.05, 0.1) is 12.8 Å². The van der Waals surface area contributed by atoms with Gasteiger partial charge in [0.2, 0.25) is 11.8 Å². The Morgan fingerprint density at radius 2 is 1.82 bits per heavy atom. The average molecular weight is 459 g/mol. The molecule has 0 spiro atoms. The number of amides is 4. The summed E-state index contributed by atoms with van der Waals surface area (Å²) in [4.78, 5) is 44.3. The van der Waals surface area contributed by atoms with E-state index in [1.165, 1.54) is 4.90 Å². The van der Waals surface area contributed by atoms with E-state index >= 15 is 0 Å². The fraction of sp³-hybridized carbons (Fsp3) is 0.609. The van der Waals surface area contributed by atoms with Gasteiger partial charge in [0, 0.05) is 83.0 Å². The fourth-order valence-corrected chi connectivity index (χ4v) is 4.67. The first-order valence-electron chi connectivity index (χ1n) is 11.7. The van der Waals surface area contributed by atoms with E-state index in [0.717, 1.165) is 64.3 Å². The van der Waals surface area contributed by atoms with Crippen LogP contribution >= 0.6 is 0 Å². The summed E-state index contributed by atoms with van der Waals surface area (Å²) in [7, 11) is 1.58. The number of nitrogens with zero attached hydrogens (tertiary/aromatic N) is 4. The Balaban J connectivity index is 1.29. The van der Waals surface area contributed by atoms with Gasteiger partial charge < -0.3 is 20.3 Å². The lowest BCUT2D eigenvalue weighted by Crippen LogP contribution is -2.49. The Morgan fingerprint density at radius 3 is 2.48 bits per heavy atom. The molecule has 3 fully saturated rings. The molecule has 3 aliphatic heterocycles. The highest BCUT2D eigenvalue weighted by molar-refractivity contribution is 6.06. The van der Waals surface area contributed by atoms with Gasteiger partial charge in [-0.15, -0.1) is 0 Å². The van der Waals surface area contributed by atoms with Crippen LogP contribution in [0.2, 0.25) is 0 Å². The van der Waals surface area contributed by atoms with Gasteiger partial charge in [0.25, 0.3) is 0 Å². The summed E-state index contributed by atoms with van der Waals surface area (Å²) in [6.45, 7) is 6.16. The van der Waals surface area contributed by atoms with Crippen molar-refractivity contribution in [2.24, 2.45) is 5.73 Å². The van der Waals surface area contributed by atoms with Crippen molar-refractivity contribution in [3.63, 3.8) is 0 Å². The Hall–Kier alpha value is -2.85. The SMILES string of the molecule is COc1cc(N2CCN(CCC(=O)N3CCC(N)CC3)CC2)ccc1N1CCC(=O)NC1=O. The van der Waals surface area contributed by atoms with Crippen molar-refractivity contribution in [1.29, 1.82) is 0 Å². The molecule has 3 saturated heterocycles. The normalized spacial score (nSPS) is 20.7. The molecule has 0 unspecified atom stereocenters. The molecule has 0 aromatic heterocycles. The zero-order chi connectivity index (χ0) is 23.4. The monoisotopic (exact) mass is 458 g/mol. The second-order valence-electron chi connectivity index (χ2n) is 8.91. The van der Waals surface area contributed by atoms with E-state index in [9.17, 15) is 14.4 Å². The number of hydrogen-bond acceptors (Lipinski definition) is 7. The van der Waals surface area contributed by atoms with Gasteiger partial charge in [0.1, 0.15) is 5.75 Å². The first-order valence-corrected chi connectivity index (χ1v) is 11.7. The number of benzene rings is 1. The first kappa shape index (κ1) is 23.3. The van der Waals surface area contributed by atoms with E-state index < -0.39 is 6.03 Å². The Kier molecular flexibility index (Phi) is 7.34. The van der Waals surface area contributed by atoms with Crippen LogP contribution in [0.3, 0.4) is 0 Å². The van der Waals surface area contributed by atoms with Crippen LogP contribution in [-0.4, -0.2) is 93.2 Å². The molecule has 180 valence electrons. The summed E-state index contributed by atoms with van der Waals surface area (Å²) in [5.41, 5.74) is 7.62. The number of nitrogens with two attached hydrogens (primary N) is 1. The van der Waals surface area contributed by atoms with Crippen molar-refractivity contribution in [2.45, 2.75) is 31.7 Å². The lowest BCUT2D eigenvalue weighted by atomic mass is 10.1. The lowest BCUT2D eigenvalue weighted by Gasteiger charge is -2.37. The molecular weight excluding hydrogens is 424 g/mol. The third kappa shape index (κ3) is 5.56. The highest BCUT2D eigenvalue weighted by Gasteiger charge is 2.27. The van der Waals surface area contributed by atoms with Crippen molar-refractivity contribution in [2.75, 3.05) is 69.3 Å². The second-order valence-corrected chi connectivity index (χ2v) is 8.91. The van der Waals surface area contributed by atoms with Crippen LogP contribution in [0.25, 0.3) is 0 Å². The van der Waals surface area contributed by atoms with Gasteiger partial charge in [-0.3, -0.25) is 24.7 Å². The zero-order valence-electron chi connectivity index (χ0n) is 19.3. The molecule has 3 aliphatic rings. The Bertz CT molecular complexity index is 878. The Morgan fingerprint density at radius 1 is 1.09 bits per heavy atom. The highest BCUT2D eigenvalue weighted by atomic mass is 16.5. The fourth-order valence-electron chi connectivity index (χ4n) is 4.67. The molecule has 3 heterocycles. The molecule has 33 heavy (non-hydrogen) atoms. The molecule has 1 aromatic rings. The number of ether oxygens (including phenoxy) is 1. The number of hydrogen-bond donors (Lipinski definition) is 2. The van der Waals surface area contributed by atoms with Gasteiger partial charge in [-0.2, -0.15) is 0 Å². The van der Waals surface area contributed by atoms with Crippen molar-refractivity contribution < 1.29 is 19.1 Å². The number of carbonyl (C=O) groups is 3. The minimum absolute atomic E-state index is 0.230. The number of nitrogens with one attached hydrogen (secondary N) is 1. The number of urea groups is 1. The molecule has 0 radical (unpaired) electrons. The zero-order valence-corrected chi connectivity index (χ0v) is 19.3. The maximum absolute atomic E-state index is 12.5. The number of likely N-dealkylation sites (tertiary alicyclic amines) is 1. The van der Waals surface area contributed by atoms with Gasteiger partial charge in [-0.25, -0.2) is 4.79 Å². The summed E-state index contributed by atoms with van der Waals surface area (Å²) in [6, 6.07) is 5.61. The molecule has 1 aromatic carbocycles. The number of anilines is 2. The molecule has 4 rings (SSSR count). The summed E-state index contributed by atoms with van der Waals surface area (Å²) < 4.78 is 5.56. The van der Waals surface area contributed by atoms with Crippen LogP contribution in [0, 0.1) is 0 Å². The van der Waals surface area contributed by atoms with Crippen LogP contribution in [-0.2, 0) is 9.59 Å². The minimum atomic E-state index is -0.423. The predicted octanol–water partition coefficient (Wildman–Crippen LogP) is 0.603. The highest BCUT2D eigenvalue weighted by Crippen LogP contribution is 2.34. The quantitative estimate of drug-likeness (QED) is 0.642. The largest absolute Gasteiger partial charge is 0.494 e. The first-order chi connectivity index (χ1) is 15.9. The number of imide groups is 1. The van der Waals surface area contributed by atoms with E-state index in [2.05, 4.69) is 15.1 Å². The van der Waals surface area contributed by atoms with Crippen molar-refractivity contribution >= 4 is 29.2 Å². The number of rotatable bonds is 6. The van der Waals surface area contributed by atoms with Crippen LogP contribution in [0.5, 0.6) is 5.75 Å². The third-order valence-corrected chi connectivity index (χ3v) is 6.78. The van der Waals surface area contributed by atoms with Crippen molar-refractivity contribution in [3.05, 3.63) is 18.2 Å². The lowest BCUT2D eigenvalue weighted by molar-refractivity contribution is -0.132. The van der Waals surface area contributed by atoms with Crippen molar-refractivity contribution in [3.8, 4) is 5.75 Å². The molecule has 3 N–H and O–H groups in total. The maximum atomic E-state index is 12.5. The van der Waals surface area contributed by atoms with Gasteiger partial charge in [0.15, 0.2) is 0 Å². The van der Waals surface area contributed by atoms with Crippen LogP contribution in [0.15, 0.2) is 18.2 Å².